The number of ether oxygens (including phenoxy) is 1. The lowest BCUT2D eigenvalue weighted by atomic mass is 10.3. The first-order valence-corrected chi connectivity index (χ1v) is 4.65. The van der Waals surface area contributed by atoms with Gasteiger partial charge in [-0.05, 0) is 13.0 Å². The highest BCUT2D eigenvalue weighted by atomic mass is 35.5. The van der Waals surface area contributed by atoms with Crippen LogP contribution in [0.15, 0.2) is 12.3 Å². The third-order valence-corrected chi connectivity index (χ3v) is 2.01. The summed E-state index contributed by atoms with van der Waals surface area (Å²) in [5.41, 5.74) is 0.302. The van der Waals surface area contributed by atoms with E-state index in [0.717, 1.165) is 0 Å². The summed E-state index contributed by atoms with van der Waals surface area (Å²) in [6, 6.07) is 0.783. The molecule has 0 unspecified atom stereocenters. The van der Waals surface area contributed by atoms with Crippen molar-refractivity contribution in [3.8, 4) is 0 Å². The molecule has 0 aliphatic rings. The number of hydrogen-bond acceptors (Lipinski definition) is 3. The Hall–Kier alpha value is -1.49. The molecule has 0 saturated heterocycles. The van der Waals surface area contributed by atoms with Crippen LogP contribution in [0.25, 0.3) is 0 Å². The third-order valence-electron chi connectivity index (χ3n) is 1.79. The van der Waals surface area contributed by atoms with Gasteiger partial charge in [0.15, 0.2) is 0 Å². The van der Waals surface area contributed by atoms with Crippen molar-refractivity contribution in [1.82, 2.24) is 10.3 Å². The second-order valence-electron chi connectivity index (χ2n) is 2.95. The number of carbonyl (C=O) groups is 2. The van der Waals surface area contributed by atoms with Gasteiger partial charge >= 0.3 is 5.97 Å². The first-order chi connectivity index (χ1) is 7.04. The summed E-state index contributed by atoms with van der Waals surface area (Å²) in [7, 11) is 1.26. The van der Waals surface area contributed by atoms with E-state index in [9.17, 15) is 9.59 Å². The Bertz CT molecular complexity index is 375. The molecular weight excluding hydrogens is 220 g/mol. The molecule has 1 rings (SSSR count). The van der Waals surface area contributed by atoms with Crippen molar-refractivity contribution in [2.24, 2.45) is 0 Å². The van der Waals surface area contributed by atoms with Crippen molar-refractivity contribution >= 4 is 23.5 Å². The molecule has 6 heteroatoms. The van der Waals surface area contributed by atoms with Gasteiger partial charge in [0.2, 0.25) is 0 Å². The van der Waals surface area contributed by atoms with E-state index in [1.807, 2.05) is 0 Å². The molecular formula is C9H11ClN2O3. The number of H-pyrrole nitrogens is 1. The Morgan fingerprint density at radius 2 is 2.27 bits per heavy atom. The summed E-state index contributed by atoms with van der Waals surface area (Å²) >= 11 is 5.63. The van der Waals surface area contributed by atoms with Crippen LogP contribution < -0.4 is 5.32 Å². The monoisotopic (exact) mass is 230 g/mol. The van der Waals surface area contributed by atoms with Crippen LogP contribution in [0.4, 0.5) is 0 Å². The molecule has 0 aromatic carbocycles. The second-order valence-corrected chi connectivity index (χ2v) is 3.39. The number of carbonyl (C=O) groups excluding carboxylic acids is 2. The van der Waals surface area contributed by atoms with Gasteiger partial charge in [0.1, 0.15) is 11.7 Å². The number of aromatic amines is 1. The fourth-order valence-electron chi connectivity index (χ4n) is 1.01. The maximum absolute atomic E-state index is 11.5. The van der Waals surface area contributed by atoms with Gasteiger partial charge in [0, 0.05) is 6.20 Å². The molecule has 0 bridgehead atoms. The predicted octanol–water partition coefficient (Wildman–Crippen LogP) is 0.959. The number of amides is 1. The zero-order valence-electron chi connectivity index (χ0n) is 8.33. The first kappa shape index (κ1) is 11.6. The van der Waals surface area contributed by atoms with Gasteiger partial charge in [-0.3, -0.25) is 4.79 Å². The smallest absolute Gasteiger partial charge is 0.328 e. The van der Waals surface area contributed by atoms with Crippen molar-refractivity contribution < 1.29 is 14.3 Å². The Morgan fingerprint density at radius 3 is 2.73 bits per heavy atom. The van der Waals surface area contributed by atoms with E-state index in [4.69, 9.17) is 11.6 Å². The summed E-state index contributed by atoms with van der Waals surface area (Å²) in [5.74, 6) is -0.902. The van der Waals surface area contributed by atoms with Crippen molar-refractivity contribution in [2.45, 2.75) is 13.0 Å². The molecule has 0 aliphatic heterocycles. The highest BCUT2D eigenvalue weighted by Gasteiger charge is 2.17. The number of esters is 1. The molecule has 1 amide bonds. The SMILES string of the molecule is COC(=O)[C@H](C)NC(=O)c1cc(Cl)c[nH]1. The van der Waals surface area contributed by atoms with Crippen molar-refractivity contribution in [3.63, 3.8) is 0 Å². The van der Waals surface area contributed by atoms with E-state index in [0.29, 0.717) is 10.7 Å². The summed E-state index contributed by atoms with van der Waals surface area (Å²) in [6.07, 6.45) is 1.49. The molecule has 15 heavy (non-hydrogen) atoms. The highest BCUT2D eigenvalue weighted by molar-refractivity contribution is 6.30. The molecule has 1 heterocycles. The van der Waals surface area contributed by atoms with Gasteiger partial charge in [0.25, 0.3) is 5.91 Å². The number of halogens is 1. The maximum atomic E-state index is 11.5. The van der Waals surface area contributed by atoms with E-state index in [-0.39, 0.29) is 0 Å². The van der Waals surface area contributed by atoms with Crippen LogP contribution in [-0.2, 0) is 9.53 Å². The van der Waals surface area contributed by atoms with Crippen LogP contribution in [0.5, 0.6) is 0 Å². The summed E-state index contributed by atoms with van der Waals surface area (Å²) in [4.78, 5) is 25.2. The van der Waals surface area contributed by atoms with Gasteiger partial charge in [0.05, 0.1) is 12.1 Å². The number of hydrogen-bond donors (Lipinski definition) is 2. The maximum Gasteiger partial charge on any atom is 0.328 e. The van der Waals surface area contributed by atoms with Gasteiger partial charge in [-0.15, -0.1) is 0 Å². The summed E-state index contributed by atoms with van der Waals surface area (Å²) < 4.78 is 4.46. The van der Waals surface area contributed by atoms with Gasteiger partial charge < -0.3 is 15.0 Å². The van der Waals surface area contributed by atoms with Gasteiger partial charge in [-0.2, -0.15) is 0 Å². The van der Waals surface area contributed by atoms with E-state index < -0.39 is 17.9 Å². The fraction of sp³-hybridized carbons (Fsp3) is 0.333. The molecule has 0 spiro atoms. The van der Waals surface area contributed by atoms with Gasteiger partial charge in [-0.1, -0.05) is 11.6 Å². The van der Waals surface area contributed by atoms with Crippen LogP contribution in [0.1, 0.15) is 17.4 Å². The number of nitrogens with one attached hydrogen (secondary N) is 2. The van der Waals surface area contributed by atoms with Crippen LogP contribution in [0.2, 0.25) is 5.02 Å². The minimum atomic E-state index is -0.690. The Morgan fingerprint density at radius 1 is 1.60 bits per heavy atom. The topological polar surface area (TPSA) is 71.2 Å². The van der Waals surface area contributed by atoms with Crippen molar-refractivity contribution in [3.05, 3.63) is 23.0 Å². The Labute approximate surface area is 91.8 Å². The van der Waals surface area contributed by atoms with Crippen LogP contribution in [0.3, 0.4) is 0 Å². The predicted molar refractivity (Wildman–Crippen MR) is 54.7 cm³/mol. The highest BCUT2D eigenvalue weighted by Crippen LogP contribution is 2.09. The standard InChI is InChI=1S/C9H11ClN2O3/c1-5(9(14)15-2)12-8(13)7-3-6(10)4-11-7/h3-5,11H,1-2H3,(H,12,13)/t5-/m0/s1. The molecule has 1 atom stereocenters. The van der Waals surface area contributed by atoms with Gasteiger partial charge in [-0.25, -0.2) is 4.79 Å². The number of methoxy groups -OCH3 is 1. The van der Waals surface area contributed by atoms with Crippen molar-refractivity contribution in [2.75, 3.05) is 7.11 Å². The molecule has 2 N–H and O–H groups in total. The van der Waals surface area contributed by atoms with E-state index in [1.54, 1.807) is 0 Å². The number of rotatable bonds is 3. The normalized spacial score (nSPS) is 11.9. The quantitative estimate of drug-likeness (QED) is 0.760. The largest absolute Gasteiger partial charge is 0.467 e. The molecule has 0 aliphatic carbocycles. The lowest BCUT2D eigenvalue weighted by molar-refractivity contribution is -0.142. The fourth-order valence-corrected chi connectivity index (χ4v) is 1.17. The lowest BCUT2D eigenvalue weighted by Gasteiger charge is -2.10. The summed E-state index contributed by atoms with van der Waals surface area (Å²) in [6.45, 7) is 1.54. The third kappa shape index (κ3) is 2.99. The molecule has 82 valence electrons. The molecule has 1 aromatic heterocycles. The Balaban J connectivity index is 2.60. The van der Waals surface area contributed by atoms with E-state index in [1.165, 1.54) is 26.3 Å². The molecule has 1 aromatic rings. The number of aromatic nitrogens is 1. The molecule has 0 radical (unpaired) electrons. The molecule has 0 fully saturated rings. The molecule has 0 saturated carbocycles. The lowest BCUT2D eigenvalue weighted by Crippen LogP contribution is -2.39. The van der Waals surface area contributed by atoms with Crippen LogP contribution in [0, 0.1) is 0 Å². The second kappa shape index (κ2) is 4.84. The summed E-state index contributed by atoms with van der Waals surface area (Å²) in [5, 5.41) is 2.89. The average Bonchev–Trinajstić information content (AvgIpc) is 2.63. The minimum absolute atomic E-state index is 0.302. The molecule has 5 nitrogen and oxygen atoms in total. The van der Waals surface area contributed by atoms with Crippen molar-refractivity contribution in [1.29, 1.82) is 0 Å². The first-order valence-electron chi connectivity index (χ1n) is 4.27. The van der Waals surface area contributed by atoms with Crippen LogP contribution in [-0.4, -0.2) is 30.0 Å². The average molecular weight is 231 g/mol. The van der Waals surface area contributed by atoms with Crippen LogP contribution >= 0.6 is 11.6 Å². The van der Waals surface area contributed by atoms with E-state index in [2.05, 4.69) is 15.0 Å². The van der Waals surface area contributed by atoms with E-state index >= 15 is 0 Å². The minimum Gasteiger partial charge on any atom is -0.467 e. The Kier molecular flexibility index (Phi) is 3.74. The zero-order chi connectivity index (χ0) is 11.4. The zero-order valence-corrected chi connectivity index (χ0v) is 9.09.